The van der Waals surface area contributed by atoms with Crippen molar-refractivity contribution >= 4 is 0 Å². The normalized spacial score (nSPS) is 58.2. The second kappa shape index (κ2) is 3.19. The molecule has 3 rings (SSSR count). The van der Waals surface area contributed by atoms with Gasteiger partial charge in [0, 0.05) is 13.2 Å². The second-order valence-corrected chi connectivity index (χ2v) is 5.78. The van der Waals surface area contributed by atoms with Gasteiger partial charge in [0.2, 0.25) is 0 Å². The van der Waals surface area contributed by atoms with E-state index in [2.05, 4.69) is 0 Å². The first kappa shape index (κ1) is 10.1. The average molecular weight is 211 g/mol. The van der Waals surface area contributed by atoms with Crippen molar-refractivity contribution in [2.45, 2.75) is 50.4 Å². The molecule has 1 spiro atoms. The van der Waals surface area contributed by atoms with Gasteiger partial charge in [-0.1, -0.05) is 0 Å². The lowest BCUT2D eigenvalue weighted by atomic mass is 9.69. The molecule has 3 fully saturated rings. The molecule has 0 amide bonds. The molecular weight excluding hydrogens is 190 g/mol. The fourth-order valence-corrected chi connectivity index (χ4v) is 4.57. The smallest absolute Gasteiger partial charge is 0.0836 e. The van der Waals surface area contributed by atoms with E-state index >= 15 is 0 Å². The van der Waals surface area contributed by atoms with Crippen LogP contribution in [-0.2, 0) is 4.74 Å². The molecule has 3 aliphatic rings. The maximum Gasteiger partial charge on any atom is 0.0836 e. The topological polar surface area (TPSA) is 55.5 Å². The number of methoxy groups -OCH3 is 1. The van der Waals surface area contributed by atoms with E-state index in [0.717, 1.165) is 24.7 Å². The molecule has 3 heteroatoms. The minimum atomic E-state index is -0.291. The zero-order valence-electron chi connectivity index (χ0n) is 9.36. The molecule has 0 saturated heterocycles. The Hall–Kier alpha value is -0.120. The number of hydrogen-bond donors (Lipinski definition) is 2. The Morgan fingerprint density at radius 3 is 2.67 bits per heavy atom. The van der Waals surface area contributed by atoms with Crippen LogP contribution in [0.1, 0.15) is 32.1 Å². The number of fused-ring (bicyclic) bond motifs is 3. The SMILES string of the molecule is CO[C@@H]1C[C@@]2(C[C@H]1O)[C@H]1CC[C@H](C1)[C@H]2N. The molecule has 0 aliphatic heterocycles. The lowest BCUT2D eigenvalue weighted by Crippen LogP contribution is -2.45. The molecule has 0 heterocycles. The first-order chi connectivity index (χ1) is 7.17. The summed E-state index contributed by atoms with van der Waals surface area (Å²) in [6.07, 6.45) is 5.50. The number of ether oxygens (including phenoxy) is 1. The van der Waals surface area contributed by atoms with Crippen LogP contribution in [0.2, 0.25) is 0 Å². The molecule has 2 bridgehead atoms. The second-order valence-electron chi connectivity index (χ2n) is 5.78. The van der Waals surface area contributed by atoms with Gasteiger partial charge in [-0.05, 0) is 49.4 Å². The predicted molar refractivity (Wildman–Crippen MR) is 57.3 cm³/mol. The third-order valence-electron chi connectivity index (χ3n) is 5.36. The Balaban J connectivity index is 1.86. The summed E-state index contributed by atoms with van der Waals surface area (Å²) in [5.41, 5.74) is 6.58. The molecule has 6 atom stereocenters. The Kier molecular flexibility index (Phi) is 2.14. The van der Waals surface area contributed by atoms with Gasteiger partial charge in [0.05, 0.1) is 12.2 Å². The van der Waals surface area contributed by atoms with E-state index < -0.39 is 0 Å². The molecule has 3 saturated carbocycles. The van der Waals surface area contributed by atoms with E-state index in [0.29, 0.717) is 6.04 Å². The fraction of sp³-hybridized carbons (Fsp3) is 1.00. The van der Waals surface area contributed by atoms with Crippen LogP contribution in [0.4, 0.5) is 0 Å². The van der Waals surface area contributed by atoms with Gasteiger partial charge >= 0.3 is 0 Å². The third kappa shape index (κ3) is 1.17. The number of nitrogens with two attached hydrogens (primary N) is 1. The Morgan fingerprint density at radius 1 is 1.33 bits per heavy atom. The minimum absolute atomic E-state index is 0.0235. The van der Waals surface area contributed by atoms with Crippen LogP contribution >= 0.6 is 0 Å². The Morgan fingerprint density at radius 2 is 2.13 bits per heavy atom. The zero-order valence-corrected chi connectivity index (χ0v) is 9.36. The number of rotatable bonds is 1. The molecule has 3 aliphatic carbocycles. The van der Waals surface area contributed by atoms with E-state index in [9.17, 15) is 5.11 Å². The van der Waals surface area contributed by atoms with Crippen molar-refractivity contribution in [3.8, 4) is 0 Å². The first-order valence-electron chi connectivity index (χ1n) is 6.14. The molecule has 3 nitrogen and oxygen atoms in total. The van der Waals surface area contributed by atoms with Crippen molar-refractivity contribution in [2.75, 3.05) is 7.11 Å². The van der Waals surface area contributed by atoms with E-state index in [4.69, 9.17) is 10.5 Å². The summed E-state index contributed by atoms with van der Waals surface area (Å²) < 4.78 is 5.36. The zero-order chi connectivity index (χ0) is 10.6. The van der Waals surface area contributed by atoms with Gasteiger partial charge in [0.15, 0.2) is 0 Å². The van der Waals surface area contributed by atoms with Gasteiger partial charge in [0.25, 0.3) is 0 Å². The maximum atomic E-state index is 9.98. The van der Waals surface area contributed by atoms with E-state index in [-0.39, 0.29) is 17.6 Å². The van der Waals surface area contributed by atoms with Crippen molar-refractivity contribution in [3.63, 3.8) is 0 Å². The lowest BCUT2D eigenvalue weighted by molar-refractivity contribution is 0.00927. The van der Waals surface area contributed by atoms with Crippen LogP contribution in [0, 0.1) is 17.3 Å². The van der Waals surface area contributed by atoms with Crippen LogP contribution in [0.25, 0.3) is 0 Å². The highest BCUT2D eigenvalue weighted by Gasteiger charge is 2.61. The van der Waals surface area contributed by atoms with Crippen LogP contribution in [-0.4, -0.2) is 30.5 Å². The maximum absolute atomic E-state index is 9.98. The molecule has 3 N–H and O–H groups in total. The van der Waals surface area contributed by atoms with E-state index in [1.54, 1.807) is 7.11 Å². The largest absolute Gasteiger partial charge is 0.390 e. The van der Waals surface area contributed by atoms with Crippen molar-refractivity contribution in [2.24, 2.45) is 23.0 Å². The van der Waals surface area contributed by atoms with Crippen molar-refractivity contribution in [1.29, 1.82) is 0 Å². The summed E-state index contributed by atoms with van der Waals surface area (Å²) in [7, 11) is 1.70. The summed E-state index contributed by atoms with van der Waals surface area (Å²) in [4.78, 5) is 0. The number of aliphatic hydroxyl groups is 1. The quantitative estimate of drug-likeness (QED) is 0.677. The van der Waals surface area contributed by atoms with Crippen LogP contribution in [0.5, 0.6) is 0 Å². The molecule has 0 aromatic rings. The van der Waals surface area contributed by atoms with Gasteiger partial charge in [0.1, 0.15) is 0 Å². The fourth-order valence-electron chi connectivity index (χ4n) is 4.57. The van der Waals surface area contributed by atoms with Gasteiger partial charge in [-0.2, -0.15) is 0 Å². The highest BCUT2D eigenvalue weighted by molar-refractivity contribution is 5.13. The summed E-state index contributed by atoms with van der Waals surface area (Å²) in [6.45, 7) is 0. The van der Waals surface area contributed by atoms with E-state index in [1.165, 1.54) is 19.3 Å². The Bertz CT molecular complexity index is 266. The van der Waals surface area contributed by atoms with Gasteiger partial charge in [-0.25, -0.2) is 0 Å². The minimum Gasteiger partial charge on any atom is -0.390 e. The standard InChI is InChI=1S/C12H21NO2/c1-15-10-6-12(5-9(10)14)8-3-2-7(4-8)11(12)13/h7-11,14H,2-6,13H2,1H3/t7-,8+,9-,10-,11-,12+/m1/s1. The highest BCUT2D eigenvalue weighted by atomic mass is 16.5. The first-order valence-corrected chi connectivity index (χ1v) is 6.14. The summed E-state index contributed by atoms with van der Waals surface area (Å²) in [5.74, 6) is 1.48. The molecule has 0 radical (unpaired) electrons. The molecule has 86 valence electrons. The predicted octanol–water partition coefficient (Wildman–Crippen LogP) is 0.900. The summed E-state index contributed by atoms with van der Waals surface area (Å²) in [5, 5.41) is 9.98. The van der Waals surface area contributed by atoms with Crippen molar-refractivity contribution in [1.82, 2.24) is 0 Å². The molecule has 15 heavy (non-hydrogen) atoms. The van der Waals surface area contributed by atoms with Gasteiger partial charge in [-0.3, -0.25) is 0 Å². The van der Waals surface area contributed by atoms with Gasteiger partial charge in [-0.15, -0.1) is 0 Å². The molecule has 0 aromatic heterocycles. The van der Waals surface area contributed by atoms with Crippen LogP contribution in [0.3, 0.4) is 0 Å². The van der Waals surface area contributed by atoms with E-state index in [1.807, 2.05) is 0 Å². The summed E-state index contributed by atoms with van der Waals surface area (Å²) >= 11 is 0. The van der Waals surface area contributed by atoms with Crippen LogP contribution < -0.4 is 5.73 Å². The lowest BCUT2D eigenvalue weighted by Gasteiger charge is -2.39. The molecule has 0 aromatic carbocycles. The number of hydrogen-bond acceptors (Lipinski definition) is 3. The summed E-state index contributed by atoms with van der Waals surface area (Å²) in [6, 6.07) is 0.311. The molecule has 0 unspecified atom stereocenters. The average Bonchev–Trinajstić information content (AvgIpc) is 2.85. The van der Waals surface area contributed by atoms with Crippen molar-refractivity contribution < 1.29 is 9.84 Å². The van der Waals surface area contributed by atoms with Crippen LogP contribution in [0.15, 0.2) is 0 Å². The third-order valence-corrected chi connectivity index (χ3v) is 5.36. The van der Waals surface area contributed by atoms with Crippen molar-refractivity contribution in [3.05, 3.63) is 0 Å². The molecular formula is C12H21NO2. The monoisotopic (exact) mass is 211 g/mol. The number of aliphatic hydroxyl groups excluding tert-OH is 1. The Labute approximate surface area is 91.0 Å². The highest BCUT2D eigenvalue weighted by Crippen LogP contribution is 2.62. The van der Waals surface area contributed by atoms with Gasteiger partial charge < -0.3 is 15.6 Å².